The first kappa shape index (κ1) is 15.5. The van der Waals surface area contributed by atoms with Gasteiger partial charge >= 0.3 is 0 Å². The lowest BCUT2D eigenvalue weighted by Gasteiger charge is -2.11. The van der Waals surface area contributed by atoms with Crippen LogP contribution >= 0.6 is 27.5 Å². The molecule has 2 N–H and O–H groups in total. The molecule has 0 aliphatic rings. The number of amides is 1. The van der Waals surface area contributed by atoms with Crippen LogP contribution in [0.3, 0.4) is 0 Å². The number of oxime groups is 1. The normalized spacial score (nSPS) is 11.3. The van der Waals surface area contributed by atoms with Crippen molar-refractivity contribution in [3.8, 4) is 0 Å². The molecular weight excluding hydrogens is 356 g/mol. The Morgan fingerprint density at radius 1 is 1.24 bits per heavy atom. The number of nitrogens with zero attached hydrogens (tertiary/aromatic N) is 1. The quantitative estimate of drug-likeness (QED) is 0.475. The fourth-order valence-corrected chi connectivity index (χ4v) is 2.39. The molecule has 0 saturated heterocycles. The lowest BCUT2D eigenvalue weighted by atomic mass is 10.1. The molecule has 0 fully saturated rings. The summed E-state index contributed by atoms with van der Waals surface area (Å²) in [7, 11) is 0. The molecule has 0 heterocycles. The molecular formula is C15H12BrClN2O2. The zero-order chi connectivity index (χ0) is 15.4. The van der Waals surface area contributed by atoms with E-state index in [1.165, 1.54) is 0 Å². The van der Waals surface area contributed by atoms with Crippen molar-refractivity contribution < 1.29 is 10.0 Å². The van der Waals surface area contributed by atoms with Gasteiger partial charge in [0.2, 0.25) is 0 Å². The van der Waals surface area contributed by atoms with Gasteiger partial charge in [0, 0.05) is 10.0 Å². The van der Waals surface area contributed by atoms with Crippen LogP contribution in [0.1, 0.15) is 22.8 Å². The maximum absolute atomic E-state index is 12.3. The average molecular weight is 368 g/mol. The summed E-state index contributed by atoms with van der Waals surface area (Å²) in [6, 6.07) is 12.1. The summed E-state index contributed by atoms with van der Waals surface area (Å²) in [5, 5.41) is 15.2. The molecule has 0 aromatic heterocycles. The van der Waals surface area contributed by atoms with Gasteiger partial charge in [-0.1, -0.05) is 50.9 Å². The van der Waals surface area contributed by atoms with Gasteiger partial charge in [0.15, 0.2) is 0 Å². The Balaban J connectivity index is 2.34. The summed E-state index contributed by atoms with van der Waals surface area (Å²) in [4.78, 5) is 12.3. The smallest absolute Gasteiger partial charge is 0.257 e. The first-order valence-electron chi connectivity index (χ1n) is 6.07. The number of carbonyl (C=O) groups excluding carboxylic acids is 1. The van der Waals surface area contributed by atoms with E-state index in [0.717, 1.165) is 4.47 Å². The van der Waals surface area contributed by atoms with Crippen molar-refractivity contribution in [3.05, 3.63) is 63.1 Å². The monoisotopic (exact) mass is 366 g/mol. The Bertz CT molecular complexity index is 717. The zero-order valence-electron chi connectivity index (χ0n) is 11.1. The van der Waals surface area contributed by atoms with Crippen molar-refractivity contribution >= 4 is 44.8 Å². The molecule has 0 atom stereocenters. The summed E-state index contributed by atoms with van der Waals surface area (Å²) in [6.07, 6.45) is 0. The Kier molecular flexibility index (Phi) is 4.98. The topological polar surface area (TPSA) is 61.7 Å². The first-order valence-corrected chi connectivity index (χ1v) is 7.24. The van der Waals surface area contributed by atoms with Crippen LogP contribution in [0.25, 0.3) is 0 Å². The molecule has 2 rings (SSSR count). The second-order valence-corrected chi connectivity index (χ2v) is 5.63. The Hall–Kier alpha value is -1.85. The van der Waals surface area contributed by atoms with E-state index in [0.29, 0.717) is 27.5 Å². The van der Waals surface area contributed by atoms with Crippen molar-refractivity contribution in [1.29, 1.82) is 0 Å². The number of para-hydroxylation sites is 1. The summed E-state index contributed by atoms with van der Waals surface area (Å²) in [6.45, 7) is 1.65. The molecule has 0 saturated carbocycles. The van der Waals surface area contributed by atoms with Crippen LogP contribution in [0.15, 0.2) is 52.1 Å². The van der Waals surface area contributed by atoms with Crippen molar-refractivity contribution in [3.63, 3.8) is 0 Å². The van der Waals surface area contributed by atoms with Gasteiger partial charge in [0.1, 0.15) is 0 Å². The summed E-state index contributed by atoms with van der Waals surface area (Å²) >= 11 is 9.35. The molecule has 0 unspecified atom stereocenters. The van der Waals surface area contributed by atoms with Crippen LogP contribution in [0.2, 0.25) is 5.02 Å². The van der Waals surface area contributed by atoms with Gasteiger partial charge < -0.3 is 10.5 Å². The Labute approximate surface area is 135 Å². The molecule has 0 aliphatic carbocycles. The standard InChI is InChI=1S/C15H12BrClN2O2/c1-9(19-21)11-4-2-3-5-14(11)18-15(20)12-8-10(16)6-7-13(12)17/h2-8,21H,1H3,(H,18,20)/b19-9+. The third-order valence-electron chi connectivity index (χ3n) is 2.89. The largest absolute Gasteiger partial charge is 0.411 e. The first-order chi connectivity index (χ1) is 10.0. The minimum atomic E-state index is -0.334. The minimum absolute atomic E-state index is 0.334. The molecule has 4 nitrogen and oxygen atoms in total. The second kappa shape index (κ2) is 6.74. The molecule has 108 valence electrons. The number of rotatable bonds is 3. The molecule has 1 amide bonds. The van der Waals surface area contributed by atoms with E-state index in [4.69, 9.17) is 16.8 Å². The van der Waals surface area contributed by atoms with E-state index in [1.54, 1.807) is 49.4 Å². The Morgan fingerprint density at radius 3 is 2.67 bits per heavy atom. The zero-order valence-corrected chi connectivity index (χ0v) is 13.4. The van der Waals surface area contributed by atoms with Gasteiger partial charge in [0.05, 0.1) is 22.0 Å². The van der Waals surface area contributed by atoms with Crippen molar-refractivity contribution in [2.75, 3.05) is 5.32 Å². The fraction of sp³-hybridized carbons (Fsp3) is 0.0667. The van der Waals surface area contributed by atoms with Gasteiger partial charge in [-0.3, -0.25) is 4.79 Å². The van der Waals surface area contributed by atoms with Crippen molar-refractivity contribution in [2.45, 2.75) is 6.92 Å². The predicted molar refractivity (Wildman–Crippen MR) is 87.5 cm³/mol. The van der Waals surface area contributed by atoms with Crippen LogP contribution in [-0.2, 0) is 0 Å². The summed E-state index contributed by atoms with van der Waals surface area (Å²) in [5.41, 5.74) is 1.96. The van der Waals surface area contributed by atoms with E-state index < -0.39 is 0 Å². The number of anilines is 1. The van der Waals surface area contributed by atoms with Crippen molar-refractivity contribution in [1.82, 2.24) is 0 Å². The Morgan fingerprint density at radius 2 is 1.95 bits per heavy atom. The van der Waals surface area contributed by atoms with Crippen LogP contribution in [0.4, 0.5) is 5.69 Å². The minimum Gasteiger partial charge on any atom is -0.411 e. The summed E-state index contributed by atoms with van der Waals surface area (Å²) in [5.74, 6) is -0.334. The van der Waals surface area contributed by atoms with Gasteiger partial charge in [-0.05, 0) is 31.2 Å². The predicted octanol–water partition coefficient (Wildman–Crippen LogP) is 4.55. The molecule has 2 aromatic rings. The lowest BCUT2D eigenvalue weighted by molar-refractivity contribution is 0.102. The second-order valence-electron chi connectivity index (χ2n) is 4.31. The van der Waals surface area contributed by atoms with Gasteiger partial charge in [-0.2, -0.15) is 0 Å². The van der Waals surface area contributed by atoms with Gasteiger partial charge in [-0.15, -0.1) is 0 Å². The van der Waals surface area contributed by atoms with E-state index in [9.17, 15) is 4.79 Å². The van der Waals surface area contributed by atoms with E-state index in [1.807, 2.05) is 0 Å². The molecule has 6 heteroatoms. The van der Waals surface area contributed by atoms with E-state index in [-0.39, 0.29) is 5.91 Å². The number of hydrogen-bond donors (Lipinski definition) is 2. The molecule has 21 heavy (non-hydrogen) atoms. The molecule has 0 radical (unpaired) electrons. The SMILES string of the molecule is C/C(=N\O)c1ccccc1NC(=O)c1cc(Br)ccc1Cl. The fourth-order valence-electron chi connectivity index (χ4n) is 1.82. The number of hydrogen-bond acceptors (Lipinski definition) is 3. The van der Waals surface area contributed by atoms with E-state index >= 15 is 0 Å². The maximum atomic E-state index is 12.3. The van der Waals surface area contributed by atoms with Crippen molar-refractivity contribution in [2.24, 2.45) is 5.16 Å². The highest BCUT2D eigenvalue weighted by Gasteiger charge is 2.14. The number of carbonyl (C=O) groups is 1. The number of nitrogens with one attached hydrogen (secondary N) is 1. The highest BCUT2D eigenvalue weighted by molar-refractivity contribution is 9.10. The average Bonchev–Trinajstić information content (AvgIpc) is 2.49. The van der Waals surface area contributed by atoms with E-state index in [2.05, 4.69) is 26.4 Å². The number of halogens is 2. The lowest BCUT2D eigenvalue weighted by Crippen LogP contribution is -2.15. The van der Waals surface area contributed by atoms with Gasteiger partial charge in [0.25, 0.3) is 5.91 Å². The molecule has 0 spiro atoms. The molecule has 0 aliphatic heterocycles. The molecule has 0 bridgehead atoms. The third-order valence-corrected chi connectivity index (χ3v) is 3.71. The van der Waals surface area contributed by atoms with Crippen LogP contribution in [0, 0.1) is 0 Å². The van der Waals surface area contributed by atoms with Crippen LogP contribution < -0.4 is 5.32 Å². The van der Waals surface area contributed by atoms with Crippen LogP contribution in [-0.4, -0.2) is 16.8 Å². The number of benzene rings is 2. The highest BCUT2D eigenvalue weighted by atomic mass is 79.9. The van der Waals surface area contributed by atoms with Crippen LogP contribution in [0.5, 0.6) is 0 Å². The highest BCUT2D eigenvalue weighted by Crippen LogP contribution is 2.23. The third kappa shape index (κ3) is 3.62. The maximum Gasteiger partial charge on any atom is 0.257 e. The molecule has 2 aromatic carbocycles. The van der Waals surface area contributed by atoms with Gasteiger partial charge in [-0.25, -0.2) is 0 Å². The summed E-state index contributed by atoms with van der Waals surface area (Å²) < 4.78 is 0.762.